The van der Waals surface area contributed by atoms with Gasteiger partial charge in [-0.2, -0.15) is 0 Å². The van der Waals surface area contributed by atoms with Gasteiger partial charge in [0, 0.05) is 16.5 Å². The zero-order valence-corrected chi connectivity index (χ0v) is 9.44. The summed E-state index contributed by atoms with van der Waals surface area (Å²) in [5.74, 6) is 0.547. The first-order valence-electron chi connectivity index (χ1n) is 5.03. The van der Waals surface area contributed by atoms with Crippen LogP contribution in [0.5, 0.6) is 5.75 Å². The molecule has 0 aliphatic carbocycles. The van der Waals surface area contributed by atoms with Crippen LogP contribution in [0.25, 0.3) is 21.9 Å². The maximum absolute atomic E-state index is 8.73. The van der Waals surface area contributed by atoms with Crippen molar-refractivity contribution in [2.45, 2.75) is 0 Å². The molecule has 1 radical (unpaired) electrons. The molecule has 0 saturated heterocycles. The van der Waals surface area contributed by atoms with E-state index in [4.69, 9.17) is 25.7 Å². The zero-order valence-electron chi connectivity index (χ0n) is 8.68. The molecule has 17 heavy (non-hydrogen) atoms. The van der Waals surface area contributed by atoms with E-state index in [2.05, 4.69) is 0 Å². The molecule has 1 heterocycles. The minimum atomic E-state index is 0.547. The van der Waals surface area contributed by atoms with Gasteiger partial charge >= 0.3 is 7.69 Å². The summed E-state index contributed by atoms with van der Waals surface area (Å²) in [6, 6.07) is 10.8. The monoisotopic (exact) mass is 245 g/mol. The molecule has 83 valence electrons. The van der Waals surface area contributed by atoms with Crippen LogP contribution in [0.4, 0.5) is 0 Å². The summed E-state index contributed by atoms with van der Waals surface area (Å²) in [5, 5.41) is 11.1. The molecular weight excluding hydrogens is 238 g/mol. The zero-order chi connectivity index (χ0) is 11.8. The van der Waals surface area contributed by atoms with Gasteiger partial charge in [-0.3, -0.25) is 0 Å². The summed E-state index contributed by atoms with van der Waals surface area (Å²) >= 11 is 5.91. The van der Waals surface area contributed by atoms with Crippen molar-refractivity contribution in [2.24, 2.45) is 0 Å². The van der Waals surface area contributed by atoms with Crippen LogP contribution in [0.3, 0.4) is 0 Å². The lowest BCUT2D eigenvalue weighted by molar-refractivity contribution is 0.456. The number of benzene rings is 2. The Kier molecular flexibility index (Phi) is 2.46. The van der Waals surface area contributed by atoms with Crippen molar-refractivity contribution in [2.75, 3.05) is 0 Å². The molecule has 1 N–H and O–H groups in total. The van der Waals surface area contributed by atoms with Crippen molar-refractivity contribution in [3.8, 4) is 5.75 Å². The van der Waals surface area contributed by atoms with Crippen molar-refractivity contribution in [1.82, 2.24) is 0 Å². The van der Waals surface area contributed by atoms with Gasteiger partial charge in [-0.25, -0.2) is 0 Å². The highest BCUT2D eigenvalue weighted by Crippen LogP contribution is 2.36. The third-order valence-electron chi connectivity index (χ3n) is 2.60. The highest BCUT2D eigenvalue weighted by atomic mass is 35.5. The molecule has 1 aromatic heterocycles. The molecular formula is C12H7BClO3. The third-order valence-corrected chi connectivity index (χ3v) is 2.84. The summed E-state index contributed by atoms with van der Waals surface area (Å²) in [6.07, 6.45) is 0. The third kappa shape index (κ3) is 1.66. The number of rotatable bonds is 2. The lowest BCUT2D eigenvalue weighted by Gasteiger charge is -2.02. The largest absolute Gasteiger partial charge is 0.569 e. The fourth-order valence-electron chi connectivity index (χ4n) is 1.92. The maximum atomic E-state index is 8.73. The van der Waals surface area contributed by atoms with Crippen LogP contribution in [0.2, 0.25) is 5.02 Å². The molecule has 0 spiro atoms. The summed E-state index contributed by atoms with van der Waals surface area (Å²) in [7, 11) is 0.656. The first-order valence-corrected chi connectivity index (χ1v) is 5.41. The lowest BCUT2D eigenvalue weighted by atomic mass is 10.1. The molecule has 0 saturated carbocycles. The van der Waals surface area contributed by atoms with E-state index in [1.807, 2.05) is 12.1 Å². The quantitative estimate of drug-likeness (QED) is 0.705. The molecule has 0 aliphatic heterocycles. The number of hydrogen-bond donors (Lipinski definition) is 1. The van der Waals surface area contributed by atoms with Crippen molar-refractivity contribution < 1.29 is 14.1 Å². The van der Waals surface area contributed by atoms with Crippen molar-refractivity contribution >= 4 is 41.2 Å². The number of fused-ring (bicyclic) bond motifs is 3. The van der Waals surface area contributed by atoms with E-state index in [0.29, 0.717) is 29.6 Å². The van der Waals surface area contributed by atoms with Crippen LogP contribution in [-0.4, -0.2) is 12.7 Å². The Bertz CT molecular complexity index is 693. The number of halogens is 1. The number of hydrogen-bond acceptors (Lipinski definition) is 3. The van der Waals surface area contributed by atoms with Crippen LogP contribution in [-0.2, 0) is 0 Å². The van der Waals surface area contributed by atoms with Gasteiger partial charge in [0.2, 0.25) is 0 Å². The van der Waals surface area contributed by atoms with Crippen molar-refractivity contribution in [3.05, 3.63) is 41.4 Å². The van der Waals surface area contributed by atoms with Crippen molar-refractivity contribution in [3.63, 3.8) is 0 Å². The summed E-state index contributed by atoms with van der Waals surface area (Å²) in [5.41, 5.74) is 1.39. The van der Waals surface area contributed by atoms with E-state index in [1.165, 1.54) is 0 Å². The van der Waals surface area contributed by atoms with Crippen LogP contribution in [0.1, 0.15) is 0 Å². The second kappa shape index (κ2) is 3.98. The minimum Gasteiger partial charge on any atom is -0.537 e. The van der Waals surface area contributed by atoms with Gasteiger partial charge in [0.05, 0.1) is 5.39 Å². The van der Waals surface area contributed by atoms with Gasteiger partial charge in [0.25, 0.3) is 0 Å². The van der Waals surface area contributed by atoms with E-state index >= 15 is 0 Å². The Balaban J connectivity index is 2.40. The molecule has 5 heteroatoms. The normalized spacial score (nSPS) is 10.9. The average molecular weight is 245 g/mol. The average Bonchev–Trinajstić information content (AvgIpc) is 2.67. The first-order chi connectivity index (χ1) is 8.29. The van der Waals surface area contributed by atoms with E-state index in [1.54, 1.807) is 24.3 Å². The molecule has 0 atom stereocenters. The van der Waals surface area contributed by atoms with Gasteiger partial charge in [0.1, 0.15) is 16.9 Å². The Labute approximate surface area is 103 Å². The van der Waals surface area contributed by atoms with Crippen LogP contribution < -0.4 is 4.65 Å². The van der Waals surface area contributed by atoms with E-state index in [-0.39, 0.29) is 0 Å². The predicted octanol–water partition coefficient (Wildman–Crippen LogP) is 3.14. The van der Waals surface area contributed by atoms with E-state index in [0.717, 1.165) is 10.8 Å². The molecule has 3 nitrogen and oxygen atoms in total. The number of furan rings is 1. The Morgan fingerprint density at radius 2 is 2.06 bits per heavy atom. The van der Waals surface area contributed by atoms with E-state index in [9.17, 15) is 0 Å². The van der Waals surface area contributed by atoms with Gasteiger partial charge < -0.3 is 14.1 Å². The smallest absolute Gasteiger partial charge is 0.537 e. The second-order valence-electron chi connectivity index (χ2n) is 3.60. The first kappa shape index (κ1) is 10.5. The van der Waals surface area contributed by atoms with Gasteiger partial charge in [-0.1, -0.05) is 17.7 Å². The Morgan fingerprint density at radius 1 is 1.18 bits per heavy atom. The fourth-order valence-corrected chi connectivity index (χ4v) is 2.08. The molecule has 3 aromatic rings. The van der Waals surface area contributed by atoms with Crippen LogP contribution in [0.15, 0.2) is 40.8 Å². The standard InChI is InChI=1S/C12H7BClO3/c14-7-4-5-8-11(6-7)16-9-2-1-3-10(12(8)9)17-13-15/h1-6,15H. The summed E-state index contributed by atoms with van der Waals surface area (Å²) in [4.78, 5) is 0. The van der Waals surface area contributed by atoms with Gasteiger partial charge in [-0.15, -0.1) is 0 Å². The highest BCUT2D eigenvalue weighted by Gasteiger charge is 2.12. The molecule has 0 amide bonds. The Morgan fingerprint density at radius 3 is 2.88 bits per heavy atom. The topological polar surface area (TPSA) is 42.6 Å². The van der Waals surface area contributed by atoms with Gasteiger partial charge in [-0.05, 0) is 24.3 Å². The molecule has 3 rings (SSSR count). The summed E-state index contributed by atoms with van der Waals surface area (Å²) in [6.45, 7) is 0. The minimum absolute atomic E-state index is 0.547. The predicted molar refractivity (Wildman–Crippen MR) is 67.3 cm³/mol. The van der Waals surface area contributed by atoms with Crippen LogP contribution >= 0.6 is 11.6 Å². The SMILES string of the molecule is O[B]Oc1cccc2oc3cc(Cl)ccc3c12. The molecule has 0 unspecified atom stereocenters. The lowest BCUT2D eigenvalue weighted by Crippen LogP contribution is -1.99. The fraction of sp³-hybridized carbons (Fsp3) is 0. The molecule has 0 bridgehead atoms. The Hall–Kier alpha value is -1.65. The maximum Gasteiger partial charge on any atom is 0.569 e. The van der Waals surface area contributed by atoms with E-state index < -0.39 is 0 Å². The van der Waals surface area contributed by atoms with Crippen LogP contribution in [0, 0.1) is 0 Å². The second-order valence-corrected chi connectivity index (χ2v) is 4.03. The molecule has 2 aromatic carbocycles. The summed E-state index contributed by atoms with van der Waals surface area (Å²) < 4.78 is 10.7. The molecule has 0 fully saturated rings. The highest BCUT2D eigenvalue weighted by molar-refractivity contribution is 6.31. The molecule has 0 aliphatic rings. The van der Waals surface area contributed by atoms with Crippen molar-refractivity contribution in [1.29, 1.82) is 0 Å². The van der Waals surface area contributed by atoms with Gasteiger partial charge in [0.15, 0.2) is 0 Å².